The molecule has 0 radical (unpaired) electrons. The van der Waals surface area contributed by atoms with E-state index in [0.717, 1.165) is 16.7 Å². The van der Waals surface area contributed by atoms with Crippen molar-refractivity contribution in [2.75, 3.05) is 0 Å². The predicted molar refractivity (Wildman–Crippen MR) is 44.9 cm³/mol. The smallest absolute Gasteiger partial charge is 0.136 e. The topological polar surface area (TPSA) is 50.9 Å². The minimum atomic E-state index is 0.172. The lowest BCUT2D eigenvalue weighted by Gasteiger charge is -1.93. The molecule has 2 heterocycles. The molecule has 1 N–H and O–H groups in total. The predicted octanol–water partition coefficient (Wildman–Crippen LogP) is 0.982. The van der Waals surface area contributed by atoms with Gasteiger partial charge in [-0.05, 0) is 6.92 Å². The van der Waals surface area contributed by atoms with E-state index < -0.39 is 0 Å². The zero-order valence-corrected chi connectivity index (χ0v) is 6.94. The second-order valence-electron chi connectivity index (χ2n) is 2.77. The van der Waals surface area contributed by atoms with Gasteiger partial charge in [0.05, 0.1) is 17.4 Å². The maximum absolute atomic E-state index is 9.16. The Balaban J connectivity index is 2.90. The highest BCUT2D eigenvalue weighted by Gasteiger charge is 2.05. The average molecular weight is 163 g/mol. The maximum atomic E-state index is 9.16. The fourth-order valence-corrected chi connectivity index (χ4v) is 1.29. The highest BCUT2D eigenvalue weighted by atomic mass is 16.3. The molecule has 0 fully saturated rings. The number of hydrogen-bond acceptors (Lipinski definition) is 3. The molecule has 62 valence electrons. The fraction of sp³-hybridized carbons (Fsp3) is 0.250. The first kappa shape index (κ1) is 7.09. The Labute approximate surface area is 69.5 Å². The molecule has 4 nitrogen and oxygen atoms in total. The van der Waals surface area contributed by atoms with Crippen LogP contribution in [0.25, 0.3) is 11.0 Å². The summed E-state index contributed by atoms with van der Waals surface area (Å²) in [5, 5.41) is 13.3. The number of pyridine rings is 1. The van der Waals surface area contributed by atoms with Crippen molar-refractivity contribution in [3.8, 4) is 5.75 Å². The minimum Gasteiger partial charge on any atom is -0.506 e. The van der Waals surface area contributed by atoms with Crippen molar-refractivity contribution in [2.24, 2.45) is 7.05 Å². The van der Waals surface area contributed by atoms with Crippen molar-refractivity contribution in [1.29, 1.82) is 0 Å². The number of nitrogens with zero attached hydrogens (tertiary/aromatic N) is 3. The molecular formula is C8H9N3O. The van der Waals surface area contributed by atoms with Gasteiger partial charge in [0.25, 0.3) is 0 Å². The third-order valence-corrected chi connectivity index (χ3v) is 1.84. The number of rotatable bonds is 0. The van der Waals surface area contributed by atoms with Gasteiger partial charge in [-0.2, -0.15) is 5.10 Å². The van der Waals surface area contributed by atoms with Gasteiger partial charge in [0.2, 0.25) is 0 Å². The van der Waals surface area contributed by atoms with Crippen LogP contribution >= 0.6 is 0 Å². The van der Waals surface area contributed by atoms with Crippen LogP contribution in [0.4, 0.5) is 0 Å². The molecule has 0 amide bonds. The van der Waals surface area contributed by atoms with Crippen molar-refractivity contribution in [1.82, 2.24) is 14.8 Å². The molecule has 12 heavy (non-hydrogen) atoms. The van der Waals surface area contributed by atoms with E-state index in [0.29, 0.717) is 0 Å². The molecule has 0 spiro atoms. The van der Waals surface area contributed by atoms with E-state index in [9.17, 15) is 0 Å². The lowest BCUT2D eigenvalue weighted by molar-refractivity contribution is 0.473. The standard InChI is InChI=1S/C8H9N3O/c1-5-8-7(11(2)10-5)3-6(12)4-9-8/h3-4,12H,1-2H3. The number of fused-ring (bicyclic) bond motifs is 1. The van der Waals surface area contributed by atoms with Gasteiger partial charge < -0.3 is 5.11 Å². The fourth-order valence-electron chi connectivity index (χ4n) is 1.29. The molecule has 0 unspecified atom stereocenters. The average Bonchev–Trinajstić information content (AvgIpc) is 2.28. The van der Waals surface area contributed by atoms with E-state index >= 15 is 0 Å². The van der Waals surface area contributed by atoms with Crippen molar-refractivity contribution >= 4 is 11.0 Å². The van der Waals surface area contributed by atoms with Crippen LogP contribution in [0.2, 0.25) is 0 Å². The highest BCUT2D eigenvalue weighted by molar-refractivity contribution is 5.78. The SMILES string of the molecule is Cc1nn(C)c2cc(O)cnc12. The lowest BCUT2D eigenvalue weighted by Crippen LogP contribution is -1.89. The summed E-state index contributed by atoms with van der Waals surface area (Å²) >= 11 is 0. The quantitative estimate of drug-likeness (QED) is 0.629. The Hall–Kier alpha value is -1.58. The molecule has 0 bridgehead atoms. The van der Waals surface area contributed by atoms with Gasteiger partial charge in [0.15, 0.2) is 0 Å². The molecule has 0 saturated heterocycles. The summed E-state index contributed by atoms with van der Waals surface area (Å²) in [6, 6.07) is 1.66. The first-order valence-electron chi connectivity index (χ1n) is 3.67. The number of aromatic nitrogens is 3. The molecule has 0 aliphatic rings. The van der Waals surface area contributed by atoms with Crippen molar-refractivity contribution < 1.29 is 5.11 Å². The van der Waals surface area contributed by atoms with Crippen molar-refractivity contribution in [2.45, 2.75) is 6.92 Å². The molecule has 2 rings (SSSR count). The molecule has 0 saturated carbocycles. The second kappa shape index (κ2) is 2.20. The van der Waals surface area contributed by atoms with Crippen molar-refractivity contribution in [3.63, 3.8) is 0 Å². The number of aromatic hydroxyl groups is 1. The summed E-state index contributed by atoms with van der Waals surface area (Å²) in [4.78, 5) is 4.07. The Kier molecular flexibility index (Phi) is 1.30. The van der Waals surface area contributed by atoms with Crippen LogP contribution in [0.15, 0.2) is 12.3 Å². The number of aryl methyl sites for hydroxylation is 2. The van der Waals surface area contributed by atoms with Crippen LogP contribution in [-0.2, 0) is 7.05 Å². The highest BCUT2D eigenvalue weighted by Crippen LogP contribution is 2.18. The van der Waals surface area contributed by atoms with Crippen molar-refractivity contribution in [3.05, 3.63) is 18.0 Å². The van der Waals surface area contributed by atoms with Crippen LogP contribution in [0.3, 0.4) is 0 Å². The Bertz CT molecular complexity index is 433. The molecule has 2 aromatic heterocycles. The van der Waals surface area contributed by atoms with E-state index in [-0.39, 0.29) is 5.75 Å². The molecular weight excluding hydrogens is 154 g/mol. The van der Waals surface area contributed by atoms with E-state index in [1.807, 2.05) is 14.0 Å². The normalized spacial score (nSPS) is 10.8. The van der Waals surface area contributed by atoms with E-state index in [2.05, 4.69) is 10.1 Å². The maximum Gasteiger partial charge on any atom is 0.136 e. The summed E-state index contributed by atoms with van der Waals surface area (Å²) in [5.74, 6) is 0.172. The summed E-state index contributed by atoms with van der Waals surface area (Å²) in [6.45, 7) is 1.90. The van der Waals surface area contributed by atoms with E-state index in [4.69, 9.17) is 5.11 Å². The zero-order chi connectivity index (χ0) is 8.72. The molecule has 4 heteroatoms. The molecule has 0 aliphatic carbocycles. The van der Waals surface area contributed by atoms with Gasteiger partial charge >= 0.3 is 0 Å². The lowest BCUT2D eigenvalue weighted by atomic mass is 10.3. The summed E-state index contributed by atoms with van der Waals surface area (Å²) in [6.07, 6.45) is 1.43. The third kappa shape index (κ3) is 0.845. The molecule has 2 aromatic rings. The van der Waals surface area contributed by atoms with Crippen LogP contribution < -0.4 is 0 Å². The van der Waals surface area contributed by atoms with E-state index in [1.165, 1.54) is 6.20 Å². The van der Waals surface area contributed by atoms with Gasteiger partial charge in [-0.25, -0.2) is 4.98 Å². The molecule has 0 aliphatic heterocycles. The Morgan fingerprint density at radius 3 is 3.00 bits per heavy atom. The number of hydrogen-bond donors (Lipinski definition) is 1. The van der Waals surface area contributed by atoms with Crippen LogP contribution in [0, 0.1) is 6.92 Å². The first-order valence-corrected chi connectivity index (χ1v) is 3.67. The summed E-state index contributed by atoms with van der Waals surface area (Å²) in [5.41, 5.74) is 2.58. The van der Waals surface area contributed by atoms with E-state index in [1.54, 1.807) is 10.7 Å². The molecule has 0 aromatic carbocycles. The van der Waals surface area contributed by atoms with Gasteiger partial charge in [0.1, 0.15) is 11.3 Å². The summed E-state index contributed by atoms with van der Waals surface area (Å²) < 4.78 is 1.71. The first-order chi connectivity index (χ1) is 5.68. The van der Waals surface area contributed by atoms with Gasteiger partial charge in [-0.3, -0.25) is 4.68 Å². The van der Waals surface area contributed by atoms with Gasteiger partial charge in [0, 0.05) is 13.1 Å². The largest absolute Gasteiger partial charge is 0.506 e. The zero-order valence-electron chi connectivity index (χ0n) is 6.94. The molecule has 0 atom stereocenters. The Morgan fingerprint density at radius 2 is 2.25 bits per heavy atom. The van der Waals surface area contributed by atoms with Crippen LogP contribution in [-0.4, -0.2) is 19.9 Å². The van der Waals surface area contributed by atoms with Crippen LogP contribution in [0.5, 0.6) is 5.75 Å². The monoisotopic (exact) mass is 163 g/mol. The third-order valence-electron chi connectivity index (χ3n) is 1.84. The Morgan fingerprint density at radius 1 is 1.50 bits per heavy atom. The van der Waals surface area contributed by atoms with Gasteiger partial charge in [-0.1, -0.05) is 0 Å². The van der Waals surface area contributed by atoms with Crippen LogP contribution in [0.1, 0.15) is 5.69 Å². The second-order valence-corrected chi connectivity index (χ2v) is 2.77. The summed E-state index contributed by atoms with van der Waals surface area (Å²) in [7, 11) is 1.83. The van der Waals surface area contributed by atoms with Gasteiger partial charge in [-0.15, -0.1) is 0 Å². The minimum absolute atomic E-state index is 0.172.